The third kappa shape index (κ3) is 13.7. The summed E-state index contributed by atoms with van der Waals surface area (Å²) in [5, 5.41) is 35.6. The molecule has 1 unspecified atom stereocenters. The number of nitrogens with zero attached hydrogens (tertiary/aromatic N) is 6. The lowest BCUT2D eigenvalue weighted by Crippen LogP contribution is -2.59. The third-order valence-electron chi connectivity index (χ3n) is 12.1. The predicted molar refractivity (Wildman–Crippen MR) is 263 cm³/mol. The number of thiocarbonyl (C=S) groups is 1. The first-order chi connectivity index (χ1) is 35.2. The molecule has 26 heteroatoms. The molecule has 2 saturated heterocycles. The number of ether oxygens (including phenoxy) is 4. The highest BCUT2D eigenvalue weighted by molar-refractivity contribution is 7.81. The van der Waals surface area contributed by atoms with Crippen LogP contribution in [0.2, 0.25) is 0 Å². The zero-order chi connectivity index (χ0) is 55.2. The van der Waals surface area contributed by atoms with Gasteiger partial charge in [-0.25, -0.2) is 14.4 Å². The van der Waals surface area contributed by atoms with Gasteiger partial charge in [-0.15, -0.1) is 11.3 Å². The molecule has 4 N–H and O–H groups in total. The van der Waals surface area contributed by atoms with E-state index >= 15 is 4.39 Å². The van der Waals surface area contributed by atoms with E-state index in [0.29, 0.717) is 17.0 Å². The zero-order valence-electron chi connectivity index (χ0n) is 41.5. The Labute approximate surface area is 436 Å². The molecule has 0 spiro atoms. The second-order valence-electron chi connectivity index (χ2n) is 19.0. The highest BCUT2D eigenvalue weighted by Crippen LogP contribution is 2.44. The van der Waals surface area contributed by atoms with E-state index in [0.717, 1.165) is 38.9 Å². The van der Waals surface area contributed by atoms with E-state index in [4.69, 9.17) is 36.4 Å². The van der Waals surface area contributed by atoms with Crippen LogP contribution in [-0.4, -0.2) is 131 Å². The molecule has 406 valence electrons. The highest BCUT2D eigenvalue weighted by atomic mass is 32.1. The van der Waals surface area contributed by atoms with Gasteiger partial charge < -0.3 is 44.3 Å². The largest absolute Gasteiger partial charge is 0.475 e. The number of aryl methyl sites for hydroxylation is 1. The summed E-state index contributed by atoms with van der Waals surface area (Å²) in [5.41, 5.74) is -3.81. The summed E-state index contributed by atoms with van der Waals surface area (Å²) in [7, 11) is 0. The molecular weight excluding hydrogens is 1040 g/mol. The molecule has 2 aliphatic rings. The maximum Gasteiger partial charge on any atom is 0.421 e. The Kier molecular flexibility index (Phi) is 18.6. The van der Waals surface area contributed by atoms with Gasteiger partial charge in [0.15, 0.2) is 10.9 Å². The van der Waals surface area contributed by atoms with Crippen LogP contribution in [0.5, 0.6) is 5.88 Å². The minimum absolute atomic E-state index is 0.0111. The Morgan fingerprint density at radius 3 is 2.20 bits per heavy atom. The summed E-state index contributed by atoms with van der Waals surface area (Å²) in [6, 6.07) is 8.98. The van der Waals surface area contributed by atoms with Crippen molar-refractivity contribution in [1.29, 1.82) is 5.26 Å². The number of carbonyl (C=O) groups excluding carboxylic acids is 3. The fourth-order valence-electron chi connectivity index (χ4n) is 8.33. The number of aliphatic hydroxyl groups is 2. The molecule has 0 radical (unpaired) electrons. The summed E-state index contributed by atoms with van der Waals surface area (Å²) in [5.74, 6) is -4.82. The van der Waals surface area contributed by atoms with Gasteiger partial charge in [0.1, 0.15) is 35.5 Å². The normalized spacial score (nSPS) is 17.9. The molecule has 2 aromatic carbocycles. The predicted octanol–water partition coefficient (Wildman–Crippen LogP) is 6.51. The molecule has 6 rings (SSSR count). The monoisotopic (exact) mass is 1100 g/mol. The first-order valence-electron chi connectivity index (χ1n) is 23.3. The first-order valence-corrected chi connectivity index (χ1v) is 24.6. The van der Waals surface area contributed by atoms with Crippen molar-refractivity contribution in [3.63, 3.8) is 0 Å². The average Bonchev–Trinajstić information content (AvgIpc) is 4.00. The van der Waals surface area contributed by atoms with E-state index in [1.807, 2.05) is 31.2 Å². The maximum absolute atomic E-state index is 15.4. The SMILES string of the molecule is Cc1ncsc1-c1ccc(CNC(=O)[C@@H]2C[C@@H](O)CN2C(=O)[C@@H](NC(O)COCCOCCOCCOc2ncc(N3C(=S)N(c4ccc(C#N)c(C(F)(F)F)c4F)C(=O)C3(C)C)cc2C(F)(F)F)C(C)(C)C)cc1. The number of halogens is 7. The minimum atomic E-state index is -5.34. The Balaban J connectivity index is 0.921. The van der Waals surface area contributed by atoms with E-state index < -0.39 is 117 Å². The summed E-state index contributed by atoms with van der Waals surface area (Å²) < 4.78 is 121. The number of hydrogen-bond acceptors (Lipinski definition) is 15. The molecular formula is C49H55F7N8O9S2. The molecule has 0 aliphatic carbocycles. The van der Waals surface area contributed by atoms with E-state index in [-0.39, 0.29) is 59.2 Å². The van der Waals surface area contributed by atoms with Gasteiger partial charge in [-0.2, -0.15) is 31.6 Å². The molecule has 0 bridgehead atoms. The summed E-state index contributed by atoms with van der Waals surface area (Å²) in [6.07, 6.45) is -11.7. The number of nitriles is 1. The van der Waals surface area contributed by atoms with Crippen molar-refractivity contribution in [2.24, 2.45) is 5.41 Å². The van der Waals surface area contributed by atoms with Crippen molar-refractivity contribution < 1.29 is 74.3 Å². The quantitative estimate of drug-likeness (QED) is 0.0303. The number of thiazole rings is 1. The van der Waals surface area contributed by atoms with Crippen molar-refractivity contribution in [2.75, 3.05) is 62.6 Å². The van der Waals surface area contributed by atoms with Gasteiger partial charge in [-0.1, -0.05) is 45.0 Å². The van der Waals surface area contributed by atoms with Crippen LogP contribution in [0.4, 0.5) is 42.1 Å². The van der Waals surface area contributed by atoms with E-state index in [9.17, 15) is 50.9 Å². The van der Waals surface area contributed by atoms with Crippen molar-refractivity contribution in [2.45, 2.75) is 96.8 Å². The molecule has 4 aromatic rings. The van der Waals surface area contributed by atoms with Crippen LogP contribution in [0.1, 0.15) is 69.0 Å². The van der Waals surface area contributed by atoms with Crippen molar-refractivity contribution in [3.8, 4) is 22.4 Å². The van der Waals surface area contributed by atoms with Crippen LogP contribution in [-0.2, 0) is 47.5 Å². The van der Waals surface area contributed by atoms with Gasteiger partial charge in [-0.05, 0) is 67.7 Å². The molecule has 4 heterocycles. The Morgan fingerprint density at radius 1 is 0.973 bits per heavy atom. The summed E-state index contributed by atoms with van der Waals surface area (Å²) in [4.78, 5) is 52.7. The van der Waals surface area contributed by atoms with Gasteiger partial charge in [0.25, 0.3) is 5.91 Å². The summed E-state index contributed by atoms with van der Waals surface area (Å²) in [6.45, 7) is 9.09. The molecule has 2 aliphatic heterocycles. The molecule has 0 saturated carbocycles. The number of aliphatic hydroxyl groups excluding tert-OH is 2. The zero-order valence-corrected chi connectivity index (χ0v) is 43.1. The third-order valence-corrected chi connectivity index (χ3v) is 13.4. The topological polar surface area (TPSA) is 212 Å². The number of nitrogens with one attached hydrogen (secondary N) is 2. The lowest BCUT2D eigenvalue weighted by atomic mass is 9.85. The smallest absolute Gasteiger partial charge is 0.421 e. The maximum atomic E-state index is 15.4. The number of hydrogen-bond donors (Lipinski definition) is 4. The highest BCUT2D eigenvalue weighted by Gasteiger charge is 2.53. The minimum Gasteiger partial charge on any atom is -0.475 e. The van der Waals surface area contributed by atoms with Crippen molar-refractivity contribution >= 4 is 57.8 Å². The van der Waals surface area contributed by atoms with Crippen LogP contribution in [0, 0.1) is 29.5 Å². The van der Waals surface area contributed by atoms with Gasteiger partial charge in [-0.3, -0.25) is 24.6 Å². The lowest BCUT2D eigenvalue weighted by molar-refractivity contribution is -0.143. The molecule has 2 aromatic heterocycles. The average molecular weight is 1100 g/mol. The van der Waals surface area contributed by atoms with Crippen molar-refractivity contribution in [1.82, 2.24) is 25.5 Å². The second kappa shape index (κ2) is 24.0. The van der Waals surface area contributed by atoms with Crippen LogP contribution in [0.3, 0.4) is 0 Å². The number of aromatic nitrogens is 2. The molecule has 4 atom stereocenters. The second-order valence-corrected chi connectivity index (χ2v) is 20.2. The first kappa shape index (κ1) is 58.3. The number of benzene rings is 2. The number of carbonyl (C=O) groups is 3. The van der Waals surface area contributed by atoms with Crippen LogP contribution >= 0.6 is 23.6 Å². The standard InChI is InChI=1S/C49H55F7N8O9S2/c1-27-39(75-26-60-27)29-9-7-28(8-10-29)22-58-41(67)35-20-32(65)24-62(35)43(68)40(46(2,3)4)61-36(66)25-72-16-15-70-13-14-71-17-18-73-42-33(48(51,52)53)19-31(23-59-42)64-45(74)63(44(69)47(64,5)6)34-12-11-30(21-57)37(38(34)50)49(54,55)56/h7-12,19,23,26,32,35-36,40,61,65-66H,13-18,20,22,24-25H2,1-6H3,(H,58,67)/t32-,35+,36?,40-/m1/s1. The molecule has 75 heavy (non-hydrogen) atoms. The van der Waals surface area contributed by atoms with Crippen LogP contribution in [0.25, 0.3) is 10.4 Å². The molecule has 2 fully saturated rings. The van der Waals surface area contributed by atoms with E-state index in [1.165, 1.54) is 36.2 Å². The number of alkyl halides is 6. The van der Waals surface area contributed by atoms with Gasteiger partial charge in [0, 0.05) is 19.5 Å². The fourth-order valence-corrected chi connectivity index (χ4v) is 9.65. The Morgan fingerprint density at radius 2 is 1.61 bits per heavy atom. The number of β-amino-alcohol motifs (C(OH)–C–C–N with tert-alkyl or cyclic N) is 1. The number of likely N-dealkylation sites (tertiary alicyclic amines) is 1. The van der Waals surface area contributed by atoms with Gasteiger partial charge >= 0.3 is 12.4 Å². The Bertz CT molecular complexity index is 2750. The Hall–Kier alpha value is -5.92. The van der Waals surface area contributed by atoms with Gasteiger partial charge in [0.05, 0.1) is 97.1 Å². The van der Waals surface area contributed by atoms with E-state index in [1.54, 1.807) is 26.3 Å². The van der Waals surface area contributed by atoms with Crippen LogP contribution < -0.4 is 25.2 Å². The molecule has 3 amide bonds. The lowest BCUT2D eigenvalue weighted by Gasteiger charge is -2.36. The van der Waals surface area contributed by atoms with Gasteiger partial charge in [0.2, 0.25) is 17.7 Å². The fraction of sp³-hybridized carbons (Fsp3) is 0.490. The van der Waals surface area contributed by atoms with Crippen LogP contribution in [0.15, 0.2) is 54.2 Å². The van der Waals surface area contributed by atoms with E-state index in [2.05, 4.69) is 20.6 Å². The molecule has 17 nitrogen and oxygen atoms in total. The summed E-state index contributed by atoms with van der Waals surface area (Å²) >= 11 is 6.86. The number of rotatable bonds is 21. The number of anilines is 2. The number of pyridine rings is 1. The number of amides is 3. The van der Waals surface area contributed by atoms with Crippen molar-refractivity contribution in [3.05, 3.63) is 87.9 Å².